The van der Waals surface area contributed by atoms with Gasteiger partial charge in [-0.2, -0.15) is 0 Å². The van der Waals surface area contributed by atoms with E-state index in [2.05, 4.69) is 43.5 Å². The summed E-state index contributed by atoms with van der Waals surface area (Å²) >= 11 is 0. The fraction of sp³-hybridized carbons (Fsp3) is 0.879. The third kappa shape index (κ3) is 57.4. The molecule has 0 saturated heterocycles. The van der Waals surface area contributed by atoms with Gasteiger partial charge in [-0.25, -0.2) is 0 Å². The minimum absolute atomic E-state index is 0.0194. The molecule has 0 saturated carbocycles. The van der Waals surface area contributed by atoms with Crippen LogP contribution in [0.25, 0.3) is 0 Å². The van der Waals surface area contributed by atoms with Gasteiger partial charge >= 0.3 is 5.97 Å². The average molecular weight is 1010 g/mol. The Hall–Kier alpha value is -1.92. The zero-order valence-electron chi connectivity index (χ0n) is 48.4. The highest BCUT2D eigenvalue weighted by atomic mass is 16.5. The summed E-state index contributed by atoms with van der Waals surface area (Å²) in [6, 6.07) is -0.646. The van der Waals surface area contributed by atoms with E-state index in [1.165, 1.54) is 244 Å². The number of allylic oxidation sites excluding steroid dienone is 5. The van der Waals surface area contributed by atoms with Gasteiger partial charge in [-0.1, -0.05) is 307 Å². The van der Waals surface area contributed by atoms with Gasteiger partial charge in [-0.05, 0) is 64.2 Å². The maximum atomic E-state index is 12.5. The fourth-order valence-corrected chi connectivity index (χ4v) is 9.98. The van der Waals surface area contributed by atoms with E-state index in [0.717, 1.165) is 77.0 Å². The summed E-state index contributed by atoms with van der Waals surface area (Å²) < 4.78 is 5.46. The molecule has 424 valence electrons. The molecule has 0 fully saturated rings. The van der Waals surface area contributed by atoms with Gasteiger partial charge in [0.2, 0.25) is 5.91 Å². The summed E-state index contributed by atoms with van der Waals surface area (Å²) in [6.45, 7) is 4.88. The van der Waals surface area contributed by atoms with Crippen molar-refractivity contribution in [3.05, 3.63) is 36.5 Å². The maximum Gasteiger partial charge on any atom is 0.305 e. The van der Waals surface area contributed by atoms with E-state index in [1.807, 2.05) is 6.08 Å². The smallest absolute Gasteiger partial charge is 0.305 e. The highest BCUT2D eigenvalue weighted by Gasteiger charge is 2.18. The van der Waals surface area contributed by atoms with Crippen LogP contribution in [0.5, 0.6) is 0 Å². The van der Waals surface area contributed by atoms with Gasteiger partial charge in [0, 0.05) is 12.8 Å². The molecule has 0 aliphatic carbocycles. The lowest BCUT2D eigenvalue weighted by molar-refractivity contribution is -0.143. The van der Waals surface area contributed by atoms with Gasteiger partial charge < -0.3 is 20.3 Å². The van der Waals surface area contributed by atoms with E-state index in [4.69, 9.17) is 4.74 Å². The summed E-state index contributed by atoms with van der Waals surface area (Å²) in [4.78, 5) is 24.6. The van der Waals surface area contributed by atoms with Gasteiger partial charge in [0.15, 0.2) is 0 Å². The van der Waals surface area contributed by atoms with Crippen molar-refractivity contribution in [2.45, 2.75) is 360 Å². The number of nitrogens with one attached hydrogen (secondary N) is 1. The van der Waals surface area contributed by atoms with Crippen LogP contribution >= 0.6 is 0 Å². The molecule has 0 rings (SSSR count). The first-order valence-electron chi connectivity index (χ1n) is 32.3. The summed E-state index contributed by atoms with van der Waals surface area (Å²) in [6.07, 6.45) is 77.6. The molecule has 3 N–H and O–H groups in total. The molecular weight excluding hydrogens is 887 g/mol. The molecular formula is C66H125NO5. The van der Waals surface area contributed by atoms with Gasteiger partial charge in [-0.15, -0.1) is 0 Å². The van der Waals surface area contributed by atoms with Crippen LogP contribution in [0.1, 0.15) is 348 Å². The molecule has 2 atom stereocenters. The second-order valence-electron chi connectivity index (χ2n) is 22.1. The summed E-state index contributed by atoms with van der Waals surface area (Å²) in [5.74, 6) is -0.107. The number of aliphatic hydroxyl groups excluding tert-OH is 2. The van der Waals surface area contributed by atoms with Crippen LogP contribution in [0.4, 0.5) is 0 Å². The van der Waals surface area contributed by atoms with Crippen LogP contribution < -0.4 is 5.32 Å². The van der Waals surface area contributed by atoms with E-state index >= 15 is 0 Å². The van der Waals surface area contributed by atoms with Crippen molar-refractivity contribution in [2.75, 3.05) is 13.2 Å². The molecule has 0 radical (unpaired) electrons. The first-order chi connectivity index (χ1) is 35.5. The molecule has 0 aromatic heterocycles. The zero-order valence-corrected chi connectivity index (χ0v) is 48.4. The third-order valence-corrected chi connectivity index (χ3v) is 14.9. The van der Waals surface area contributed by atoms with Crippen molar-refractivity contribution in [3.8, 4) is 0 Å². The Morgan fingerprint density at radius 2 is 0.681 bits per heavy atom. The lowest BCUT2D eigenvalue weighted by Crippen LogP contribution is -2.45. The Morgan fingerprint density at radius 3 is 1.03 bits per heavy atom. The van der Waals surface area contributed by atoms with Crippen LogP contribution in [-0.4, -0.2) is 47.4 Å². The monoisotopic (exact) mass is 1010 g/mol. The van der Waals surface area contributed by atoms with Crippen LogP contribution in [0, 0.1) is 0 Å². The lowest BCUT2D eigenvalue weighted by Gasteiger charge is -2.20. The molecule has 6 nitrogen and oxygen atoms in total. The average Bonchev–Trinajstić information content (AvgIpc) is 3.38. The second kappa shape index (κ2) is 61.6. The molecule has 0 bridgehead atoms. The van der Waals surface area contributed by atoms with Crippen LogP contribution in [0.2, 0.25) is 0 Å². The normalized spacial score (nSPS) is 12.8. The molecule has 1 amide bonds. The highest BCUT2D eigenvalue weighted by Crippen LogP contribution is 2.18. The predicted molar refractivity (Wildman–Crippen MR) is 315 cm³/mol. The molecule has 6 heteroatoms. The molecule has 0 heterocycles. The number of amides is 1. The number of rotatable bonds is 60. The fourth-order valence-electron chi connectivity index (χ4n) is 9.98. The standard InChI is InChI=1S/C66H125NO5/c1-3-5-7-9-11-13-15-17-19-20-21-22-23-24-25-26-27-28-31-34-38-42-46-50-54-58-64(69)63(62-68)67-65(70)59-55-51-47-43-39-35-32-29-33-37-41-45-49-53-57-61-72-66(71)60-56-52-48-44-40-36-30-18-16-14-12-10-8-6-4-2/h29,33,37,41,54,58,63-64,68-69H,3-28,30-32,34-36,38-40,42-53,55-57,59-62H2,1-2H3,(H,67,70)/b33-29-,41-37-,58-54+. The Labute approximate surface area is 449 Å². The van der Waals surface area contributed by atoms with E-state index in [-0.39, 0.29) is 18.5 Å². The maximum absolute atomic E-state index is 12.5. The molecule has 0 spiro atoms. The van der Waals surface area contributed by atoms with Crippen molar-refractivity contribution in [1.82, 2.24) is 5.32 Å². The number of unbranched alkanes of at least 4 members (excludes halogenated alkanes) is 46. The van der Waals surface area contributed by atoms with Crippen molar-refractivity contribution in [3.63, 3.8) is 0 Å². The van der Waals surface area contributed by atoms with Crippen molar-refractivity contribution >= 4 is 11.9 Å². The molecule has 72 heavy (non-hydrogen) atoms. The number of carbonyl (C=O) groups excluding carboxylic acids is 2. The summed E-state index contributed by atoms with van der Waals surface area (Å²) in [5.41, 5.74) is 0. The van der Waals surface area contributed by atoms with Gasteiger partial charge in [0.1, 0.15) is 0 Å². The number of esters is 1. The number of hydrogen-bond donors (Lipinski definition) is 3. The first kappa shape index (κ1) is 70.1. The number of aliphatic hydroxyl groups is 2. The van der Waals surface area contributed by atoms with E-state index in [9.17, 15) is 19.8 Å². The van der Waals surface area contributed by atoms with Crippen molar-refractivity contribution < 1.29 is 24.5 Å². The molecule has 0 aliphatic rings. The van der Waals surface area contributed by atoms with Gasteiger partial charge in [0.05, 0.1) is 25.4 Å². The third-order valence-electron chi connectivity index (χ3n) is 14.9. The van der Waals surface area contributed by atoms with Crippen LogP contribution in [0.15, 0.2) is 36.5 Å². The second-order valence-corrected chi connectivity index (χ2v) is 22.1. The number of carbonyl (C=O) groups is 2. The van der Waals surface area contributed by atoms with Crippen LogP contribution in [0.3, 0.4) is 0 Å². The lowest BCUT2D eigenvalue weighted by atomic mass is 10.0. The minimum atomic E-state index is -0.861. The Kier molecular flexibility index (Phi) is 60.0. The largest absolute Gasteiger partial charge is 0.466 e. The predicted octanol–water partition coefficient (Wildman–Crippen LogP) is 20.4. The topological polar surface area (TPSA) is 95.9 Å². The van der Waals surface area contributed by atoms with Gasteiger partial charge in [0.25, 0.3) is 0 Å². The van der Waals surface area contributed by atoms with Crippen LogP contribution in [-0.2, 0) is 14.3 Å². The molecule has 0 aliphatic heterocycles. The molecule has 0 aromatic carbocycles. The van der Waals surface area contributed by atoms with Crippen molar-refractivity contribution in [1.29, 1.82) is 0 Å². The zero-order chi connectivity index (χ0) is 52.2. The number of ether oxygens (including phenoxy) is 1. The quantitative estimate of drug-likeness (QED) is 0.0244. The van der Waals surface area contributed by atoms with E-state index < -0.39 is 12.1 Å². The summed E-state index contributed by atoms with van der Waals surface area (Å²) in [7, 11) is 0. The Morgan fingerprint density at radius 1 is 0.389 bits per heavy atom. The Bertz CT molecular complexity index is 1170. The SMILES string of the molecule is CCCCCCCCCCCCCCCCCCCCCCCCC/C=C/C(O)C(CO)NC(=O)CCCCCCCC/C=C\C=C/CCCCCOC(=O)CCCCCCCCCCCCCCCCC. The molecule has 0 aromatic rings. The Balaban J connectivity index is 3.52. The number of hydrogen-bond acceptors (Lipinski definition) is 5. The van der Waals surface area contributed by atoms with E-state index in [1.54, 1.807) is 6.08 Å². The summed E-state index contributed by atoms with van der Waals surface area (Å²) in [5, 5.41) is 23.2. The minimum Gasteiger partial charge on any atom is -0.466 e. The molecule has 2 unspecified atom stereocenters. The first-order valence-corrected chi connectivity index (χ1v) is 32.3. The van der Waals surface area contributed by atoms with Gasteiger partial charge in [-0.3, -0.25) is 9.59 Å². The highest BCUT2D eigenvalue weighted by molar-refractivity contribution is 5.76. The van der Waals surface area contributed by atoms with Crippen molar-refractivity contribution in [2.24, 2.45) is 0 Å². The van der Waals surface area contributed by atoms with E-state index in [0.29, 0.717) is 19.4 Å².